The van der Waals surface area contributed by atoms with Gasteiger partial charge in [0.05, 0.1) is 17.9 Å². The van der Waals surface area contributed by atoms with Crippen LogP contribution in [0.2, 0.25) is 0 Å². The standard InChI is InChI=1S/C24H20F2N6/c25-24(26)5-6-32(14-24)13-15-7-17(11-27-10-15)18-8-19-22(30-31-23(19)28-12-18)21-9-16-3-1-2-4-20(16)29-21/h1-4,7-12,29H,5-6,13-14H2,(H,28,30,31). The number of nitrogens with one attached hydrogen (secondary N) is 2. The summed E-state index contributed by atoms with van der Waals surface area (Å²) >= 11 is 0. The molecule has 1 fully saturated rings. The highest BCUT2D eigenvalue weighted by Crippen LogP contribution is 2.31. The molecule has 6 nitrogen and oxygen atoms in total. The highest BCUT2D eigenvalue weighted by atomic mass is 19.3. The molecule has 32 heavy (non-hydrogen) atoms. The number of aromatic amines is 2. The van der Waals surface area contributed by atoms with Crippen LogP contribution in [0.3, 0.4) is 0 Å². The van der Waals surface area contributed by atoms with E-state index in [-0.39, 0.29) is 13.0 Å². The van der Waals surface area contributed by atoms with Gasteiger partial charge in [0, 0.05) is 65.5 Å². The lowest BCUT2D eigenvalue weighted by molar-refractivity contribution is 0.0115. The van der Waals surface area contributed by atoms with Crippen LogP contribution in [-0.4, -0.2) is 49.1 Å². The van der Waals surface area contributed by atoms with E-state index in [1.165, 1.54) is 0 Å². The number of hydrogen-bond donors (Lipinski definition) is 2. The molecule has 5 aromatic rings. The van der Waals surface area contributed by atoms with E-state index in [4.69, 9.17) is 0 Å². The molecule has 2 N–H and O–H groups in total. The van der Waals surface area contributed by atoms with Crippen LogP contribution in [0.1, 0.15) is 12.0 Å². The molecule has 0 bridgehead atoms. The number of alkyl halides is 2. The number of rotatable bonds is 4. The lowest BCUT2D eigenvalue weighted by Gasteiger charge is -2.15. The van der Waals surface area contributed by atoms with Crippen LogP contribution < -0.4 is 0 Å². The monoisotopic (exact) mass is 430 g/mol. The minimum Gasteiger partial charge on any atom is -0.353 e. The van der Waals surface area contributed by atoms with Crippen molar-refractivity contribution in [2.24, 2.45) is 0 Å². The summed E-state index contributed by atoms with van der Waals surface area (Å²) in [6.45, 7) is 0.652. The normalized spacial score (nSPS) is 16.3. The summed E-state index contributed by atoms with van der Waals surface area (Å²) in [6.07, 6.45) is 5.19. The molecule has 8 heteroatoms. The Bertz CT molecular complexity index is 1400. The average Bonchev–Trinajstić information content (AvgIpc) is 3.49. The van der Waals surface area contributed by atoms with E-state index in [2.05, 4.69) is 37.3 Å². The van der Waals surface area contributed by atoms with Gasteiger partial charge in [-0.1, -0.05) is 18.2 Å². The third-order valence-corrected chi connectivity index (χ3v) is 5.99. The topological polar surface area (TPSA) is 73.5 Å². The van der Waals surface area contributed by atoms with Gasteiger partial charge >= 0.3 is 0 Å². The number of aromatic nitrogens is 5. The highest BCUT2D eigenvalue weighted by molar-refractivity contribution is 5.95. The SMILES string of the molecule is FC1(F)CCN(Cc2cncc(-c3cnc4n[nH]c(-c5cc6ccccc6[nH]5)c4c3)c2)C1. The summed E-state index contributed by atoms with van der Waals surface area (Å²) < 4.78 is 27.1. The first kappa shape index (κ1) is 19.1. The van der Waals surface area contributed by atoms with E-state index in [9.17, 15) is 8.78 Å². The fourth-order valence-corrected chi connectivity index (χ4v) is 4.40. The van der Waals surface area contributed by atoms with Crippen molar-refractivity contribution in [1.29, 1.82) is 0 Å². The zero-order valence-electron chi connectivity index (χ0n) is 17.1. The summed E-state index contributed by atoms with van der Waals surface area (Å²) in [5.41, 5.74) is 6.19. The Hall–Kier alpha value is -3.65. The maximum Gasteiger partial charge on any atom is 0.261 e. The predicted molar refractivity (Wildman–Crippen MR) is 119 cm³/mol. The molecule has 4 aromatic heterocycles. The second-order valence-corrected chi connectivity index (χ2v) is 8.36. The Morgan fingerprint density at radius 3 is 2.75 bits per heavy atom. The number of fused-ring (bicyclic) bond motifs is 2. The highest BCUT2D eigenvalue weighted by Gasteiger charge is 2.37. The molecule has 5 heterocycles. The Balaban J connectivity index is 1.34. The molecule has 1 aliphatic heterocycles. The third kappa shape index (κ3) is 3.42. The van der Waals surface area contributed by atoms with Crippen molar-refractivity contribution in [2.45, 2.75) is 18.9 Å². The van der Waals surface area contributed by atoms with Gasteiger partial charge in [-0.05, 0) is 29.8 Å². The van der Waals surface area contributed by atoms with Gasteiger partial charge in [-0.25, -0.2) is 13.8 Å². The first-order valence-corrected chi connectivity index (χ1v) is 10.5. The van der Waals surface area contributed by atoms with Crippen LogP contribution in [-0.2, 0) is 6.54 Å². The summed E-state index contributed by atoms with van der Waals surface area (Å²) in [6, 6.07) is 14.2. The van der Waals surface area contributed by atoms with Crippen LogP contribution in [0.5, 0.6) is 0 Å². The summed E-state index contributed by atoms with van der Waals surface area (Å²) in [5.74, 6) is -2.60. The number of halogens is 2. The molecule has 0 aliphatic carbocycles. The van der Waals surface area contributed by atoms with Gasteiger partial charge in [-0.3, -0.25) is 15.0 Å². The Kier molecular flexibility index (Phi) is 4.29. The number of para-hydroxylation sites is 1. The van der Waals surface area contributed by atoms with Crippen LogP contribution in [0.4, 0.5) is 8.78 Å². The number of benzene rings is 1. The molecule has 160 valence electrons. The second kappa shape index (κ2) is 7.20. The lowest BCUT2D eigenvalue weighted by atomic mass is 10.1. The fraction of sp³-hybridized carbons (Fsp3) is 0.208. The summed E-state index contributed by atoms with van der Waals surface area (Å²) in [7, 11) is 0. The van der Waals surface area contributed by atoms with Crippen molar-refractivity contribution in [3.8, 4) is 22.5 Å². The van der Waals surface area contributed by atoms with Gasteiger partial charge in [0.15, 0.2) is 5.65 Å². The van der Waals surface area contributed by atoms with E-state index in [0.717, 1.165) is 44.4 Å². The molecular weight excluding hydrogens is 410 g/mol. The van der Waals surface area contributed by atoms with Crippen LogP contribution in [0.15, 0.2) is 61.1 Å². The maximum atomic E-state index is 13.5. The van der Waals surface area contributed by atoms with Gasteiger partial charge in [-0.15, -0.1) is 0 Å². The van der Waals surface area contributed by atoms with E-state index in [1.807, 2.05) is 30.3 Å². The second-order valence-electron chi connectivity index (χ2n) is 8.36. The van der Waals surface area contributed by atoms with E-state index < -0.39 is 5.92 Å². The van der Waals surface area contributed by atoms with Crippen molar-refractivity contribution >= 4 is 21.9 Å². The Morgan fingerprint density at radius 2 is 1.91 bits per heavy atom. The van der Waals surface area contributed by atoms with Crippen molar-refractivity contribution in [3.05, 3.63) is 66.6 Å². The molecular formula is C24H20F2N6. The molecule has 0 amide bonds. The molecule has 0 unspecified atom stereocenters. The molecule has 0 radical (unpaired) electrons. The van der Waals surface area contributed by atoms with E-state index in [0.29, 0.717) is 18.7 Å². The molecule has 0 spiro atoms. The zero-order valence-corrected chi connectivity index (χ0v) is 17.1. The van der Waals surface area contributed by atoms with Gasteiger partial charge in [-0.2, -0.15) is 5.10 Å². The molecule has 1 aliphatic rings. The van der Waals surface area contributed by atoms with Gasteiger partial charge < -0.3 is 4.98 Å². The van der Waals surface area contributed by atoms with Crippen LogP contribution in [0.25, 0.3) is 44.5 Å². The van der Waals surface area contributed by atoms with Crippen molar-refractivity contribution < 1.29 is 8.78 Å². The number of pyridine rings is 2. The van der Waals surface area contributed by atoms with Crippen molar-refractivity contribution in [1.82, 2.24) is 30.0 Å². The van der Waals surface area contributed by atoms with Crippen LogP contribution in [0, 0.1) is 0 Å². The van der Waals surface area contributed by atoms with Gasteiger partial charge in [0.25, 0.3) is 5.92 Å². The van der Waals surface area contributed by atoms with Gasteiger partial charge in [0.2, 0.25) is 0 Å². The summed E-state index contributed by atoms with van der Waals surface area (Å²) in [4.78, 5) is 14.1. The largest absolute Gasteiger partial charge is 0.353 e. The molecule has 6 rings (SSSR count). The van der Waals surface area contributed by atoms with E-state index >= 15 is 0 Å². The quantitative estimate of drug-likeness (QED) is 0.420. The number of likely N-dealkylation sites (tertiary alicyclic amines) is 1. The molecule has 0 atom stereocenters. The first-order valence-electron chi connectivity index (χ1n) is 10.5. The number of H-pyrrole nitrogens is 2. The lowest BCUT2D eigenvalue weighted by Crippen LogP contribution is -2.24. The number of hydrogen-bond acceptors (Lipinski definition) is 4. The number of nitrogens with zero attached hydrogens (tertiary/aromatic N) is 4. The smallest absolute Gasteiger partial charge is 0.261 e. The molecule has 1 saturated heterocycles. The average molecular weight is 430 g/mol. The predicted octanol–water partition coefficient (Wildman–Crippen LogP) is 5.01. The van der Waals surface area contributed by atoms with Crippen molar-refractivity contribution in [2.75, 3.05) is 13.1 Å². The Morgan fingerprint density at radius 1 is 1.03 bits per heavy atom. The molecule has 1 aromatic carbocycles. The minimum atomic E-state index is -2.60. The van der Waals surface area contributed by atoms with Crippen LogP contribution >= 0.6 is 0 Å². The first-order chi connectivity index (χ1) is 15.5. The van der Waals surface area contributed by atoms with Gasteiger partial charge in [0.1, 0.15) is 0 Å². The minimum absolute atomic E-state index is 0.0856. The summed E-state index contributed by atoms with van der Waals surface area (Å²) in [5, 5.41) is 9.48. The van der Waals surface area contributed by atoms with E-state index in [1.54, 1.807) is 23.5 Å². The molecule has 0 saturated carbocycles. The fourth-order valence-electron chi connectivity index (χ4n) is 4.40. The van der Waals surface area contributed by atoms with Crippen molar-refractivity contribution in [3.63, 3.8) is 0 Å². The third-order valence-electron chi connectivity index (χ3n) is 5.99. The zero-order chi connectivity index (χ0) is 21.7. The Labute approximate surface area is 182 Å². The maximum absolute atomic E-state index is 13.5.